The number of aromatic hydroxyl groups is 1. The molecule has 1 heterocycles. The second-order valence-corrected chi connectivity index (χ2v) is 8.80. The molecule has 128 valence electrons. The molecule has 25 heavy (non-hydrogen) atoms. The van der Waals surface area contributed by atoms with Gasteiger partial charge in [-0.05, 0) is 47.7 Å². The predicted molar refractivity (Wildman–Crippen MR) is 105 cm³/mol. The average molecular weight is 389 g/mol. The molecule has 0 bridgehead atoms. The highest BCUT2D eigenvalue weighted by Gasteiger charge is 2.17. The second-order valence-electron chi connectivity index (χ2n) is 5.23. The highest BCUT2D eigenvalue weighted by Crippen LogP contribution is 2.35. The summed E-state index contributed by atoms with van der Waals surface area (Å²) in [7, 11) is -1.37. The van der Waals surface area contributed by atoms with Gasteiger partial charge in [-0.1, -0.05) is 24.3 Å². The van der Waals surface area contributed by atoms with Gasteiger partial charge in [0.2, 0.25) is 0 Å². The number of thioether (sulfide) groups is 1. The zero-order valence-corrected chi connectivity index (χ0v) is 15.8. The van der Waals surface area contributed by atoms with Crippen LogP contribution in [0.5, 0.6) is 5.75 Å². The first-order chi connectivity index (χ1) is 12.0. The van der Waals surface area contributed by atoms with Gasteiger partial charge in [0.25, 0.3) is 0 Å². The highest BCUT2D eigenvalue weighted by molar-refractivity contribution is 8.01. The summed E-state index contributed by atoms with van der Waals surface area (Å²) in [6.45, 7) is 0. The molecule has 1 atom stereocenters. The van der Waals surface area contributed by atoms with Gasteiger partial charge < -0.3 is 10.8 Å². The first-order valence-electron chi connectivity index (χ1n) is 7.33. The maximum absolute atomic E-state index is 13.1. The first kappa shape index (κ1) is 17.7. The zero-order valence-electron chi connectivity index (χ0n) is 13.4. The molecular weight excluding hydrogens is 372 g/mol. The van der Waals surface area contributed by atoms with Crippen LogP contribution in [0.4, 0.5) is 0 Å². The van der Waals surface area contributed by atoms with Gasteiger partial charge in [0.05, 0.1) is 24.8 Å². The van der Waals surface area contributed by atoms with E-state index in [1.165, 1.54) is 23.1 Å². The fourth-order valence-electron chi connectivity index (χ4n) is 2.37. The van der Waals surface area contributed by atoms with Crippen LogP contribution in [0.1, 0.15) is 4.88 Å². The molecule has 0 fully saturated rings. The number of hydrogen-bond acceptors (Lipinski definition) is 5. The van der Waals surface area contributed by atoms with E-state index in [9.17, 15) is 9.32 Å². The van der Waals surface area contributed by atoms with Crippen LogP contribution in [0.2, 0.25) is 0 Å². The number of benzene rings is 2. The van der Waals surface area contributed by atoms with Gasteiger partial charge in [0, 0.05) is 4.90 Å². The predicted octanol–water partition coefficient (Wildman–Crippen LogP) is 4.29. The number of nitrogens with two attached hydrogens (primary N) is 1. The van der Waals surface area contributed by atoms with Crippen LogP contribution in [0.3, 0.4) is 0 Å². The SMILES string of the molecule is CSc1sc(C(=N)N)cc1S(=O)c1cccc(-c2cccc(O)c2)c1. The molecule has 1 aromatic heterocycles. The van der Waals surface area contributed by atoms with E-state index in [1.807, 2.05) is 36.6 Å². The number of phenolic OH excluding ortho intramolecular Hbond substituents is 1. The van der Waals surface area contributed by atoms with Crippen molar-refractivity contribution in [2.24, 2.45) is 5.73 Å². The van der Waals surface area contributed by atoms with E-state index in [0.29, 0.717) is 14.7 Å². The van der Waals surface area contributed by atoms with E-state index in [4.69, 9.17) is 11.1 Å². The Morgan fingerprint density at radius 3 is 2.48 bits per heavy atom. The maximum Gasteiger partial charge on any atom is 0.133 e. The zero-order chi connectivity index (χ0) is 18.0. The van der Waals surface area contributed by atoms with Crippen molar-refractivity contribution >= 4 is 39.7 Å². The Hall–Kier alpha value is -2.09. The molecular formula is C18H16N2O2S3. The largest absolute Gasteiger partial charge is 0.508 e. The topological polar surface area (TPSA) is 87.2 Å². The van der Waals surface area contributed by atoms with E-state index in [-0.39, 0.29) is 11.6 Å². The number of amidine groups is 1. The molecule has 0 saturated heterocycles. The standard InChI is InChI=1S/C18H16N2O2S3/c1-23-18-16(10-15(24-18)17(19)20)25(22)14-7-3-5-12(9-14)11-4-2-6-13(21)8-11/h2-10,21H,1H3,(H3,19,20). The smallest absolute Gasteiger partial charge is 0.133 e. The number of phenols is 1. The van der Waals surface area contributed by atoms with Crippen molar-refractivity contribution in [2.45, 2.75) is 14.0 Å². The molecule has 1 unspecified atom stereocenters. The van der Waals surface area contributed by atoms with Crippen LogP contribution < -0.4 is 5.73 Å². The van der Waals surface area contributed by atoms with Gasteiger partial charge in [0.15, 0.2) is 0 Å². The Labute approximate surface area is 156 Å². The summed E-state index contributed by atoms with van der Waals surface area (Å²) < 4.78 is 14.0. The Kier molecular flexibility index (Phi) is 5.27. The molecule has 0 aliphatic rings. The third kappa shape index (κ3) is 3.78. The lowest BCUT2D eigenvalue weighted by Crippen LogP contribution is -2.08. The van der Waals surface area contributed by atoms with Crippen molar-refractivity contribution in [3.05, 3.63) is 59.5 Å². The number of hydrogen-bond donors (Lipinski definition) is 3. The van der Waals surface area contributed by atoms with E-state index in [0.717, 1.165) is 15.3 Å². The molecule has 3 rings (SSSR count). The number of nitrogen functional groups attached to an aromatic ring is 1. The van der Waals surface area contributed by atoms with Crippen molar-refractivity contribution in [1.29, 1.82) is 5.41 Å². The summed E-state index contributed by atoms with van der Waals surface area (Å²) >= 11 is 2.88. The van der Waals surface area contributed by atoms with Crippen molar-refractivity contribution in [1.82, 2.24) is 0 Å². The van der Waals surface area contributed by atoms with Crippen LogP contribution >= 0.6 is 23.1 Å². The molecule has 0 radical (unpaired) electrons. The van der Waals surface area contributed by atoms with E-state index in [2.05, 4.69) is 0 Å². The van der Waals surface area contributed by atoms with Crippen LogP contribution in [-0.4, -0.2) is 21.4 Å². The molecule has 3 aromatic rings. The Balaban J connectivity index is 2.01. The molecule has 7 heteroatoms. The molecule has 2 aromatic carbocycles. The summed E-state index contributed by atoms with van der Waals surface area (Å²) in [4.78, 5) is 1.97. The van der Waals surface area contributed by atoms with E-state index < -0.39 is 10.8 Å². The fraction of sp³-hybridized carbons (Fsp3) is 0.0556. The van der Waals surface area contributed by atoms with E-state index >= 15 is 0 Å². The summed E-state index contributed by atoms with van der Waals surface area (Å²) in [5.41, 5.74) is 7.31. The normalized spacial score (nSPS) is 12.0. The van der Waals surface area contributed by atoms with Crippen molar-refractivity contribution < 1.29 is 9.32 Å². The van der Waals surface area contributed by atoms with Gasteiger partial charge in [-0.15, -0.1) is 23.1 Å². The molecule has 0 aliphatic carbocycles. The second kappa shape index (κ2) is 7.43. The van der Waals surface area contributed by atoms with Gasteiger partial charge in [-0.2, -0.15) is 0 Å². The van der Waals surface area contributed by atoms with Gasteiger partial charge in [-0.25, -0.2) is 4.21 Å². The quantitative estimate of drug-likeness (QED) is 0.346. The molecule has 4 nitrogen and oxygen atoms in total. The third-order valence-corrected chi connectivity index (χ3v) is 7.51. The summed E-state index contributed by atoms with van der Waals surface area (Å²) in [6, 6.07) is 16.1. The lowest BCUT2D eigenvalue weighted by Gasteiger charge is -2.06. The summed E-state index contributed by atoms with van der Waals surface area (Å²) in [5.74, 6) is 0.176. The van der Waals surface area contributed by atoms with Gasteiger partial charge in [0.1, 0.15) is 11.6 Å². The van der Waals surface area contributed by atoms with Crippen LogP contribution in [0, 0.1) is 5.41 Å². The van der Waals surface area contributed by atoms with Crippen LogP contribution in [0.15, 0.2) is 68.6 Å². The third-order valence-electron chi connectivity index (χ3n) is 3.54. The fourth-order valence-corrected chi connectivity index (χ4v) is 5.84. The Morgan fingerprint density at radius 2 is 1.84 bits per heavy atom. The molecule has 0 amide bonds. The monoisotopic (exact) mass is 388 g/mol. The van der Waals surface area contributed by atoms with Crippen molar-refractivity contribution in [2.75, 3.05) is 6.26 Å². The number of thiophene rings is 1. The summed E-state index contributed by atoms with van der Waals surface area (Å²) in [6.07, 6.45) is 1.92. The van der Waals surface area contributed by atoms with Gasteiger partial charge >= 0.3 is 0 Å². The highest BCUT2D eigenvalue weighted by atomic mass is 32.2. The minimum atomic E-state index is -1.37. The van der Waals surface area contributed by atoms with Gasteiger partial charge in [-0.3, -0.25) is 5.41 Å². The van der Waals surface area contributed by atoms with Crippen LogP contribution in [-0.2, 0) is 10.8 Å². The lowest BCUT2D eigenvalue weighted by atomic mass is 10.1. The van der Waals surface area contributed by atoms with Crippen LogP contribution in [0.25, 0.3) is 11.1 Å². The van der Waals surface area contributed by atoms with Crippen molar-refractivity contribution in [3.8, 4) is 16.9 Å². The number of nitrogens with one attached hydrogen (secondary N) is 1. The number of rotatable bonds is 5. The maximum atomic E-state index is 13.1. The minimum absolute atomic E-state index is 0.0166. The van der Waals surface area contributed by atoms with E-state index in [1.54, 1.807) is 24.3 Å². The average Bonchev–Trinajstić information content (AvgIpc) is 3.06. The molecule has 0 aliphatic heterocycles. The summed E-state index contributed by atoms with van der Waals surface area (Å²) in [5, 5.41) is 17.2. The lowest BCUT2D eigenvalue weighted by molar-refractivity contribution is 0.475. The minimum Gasteiger partial charge on any atom is -0.508 e. The first-order valence-corrected chi connectivity index (χ1v) is 10.5. The molecule has 0 saturated carbocycles. The van der Waals surface area contributed by atoms with Crippen molar-refractivity contribution in [3.63, 3.8) is 0 Å². The molecule has 0 spiro atoms. The Bertz CT molecular complexity index is 966. The Morgan fingerprint density at radius 1 is 1.16 bits per heavy atom. The molecule has 4 N–H and O–H groups in total.